The van der Waals surface area contributed by atoms with Crippen LogP contribution >= 0.6 is 0 Å². The summed E-state index contributed by atoms with van der Waals surface area (Å²) in [7, 11) is 0. The Morgan fingerprint density at radius 3 is 2.85 bits per heavy atom. The smallest absolute Gasteiger partial charge is 0.266 e. The number of aromatic nitrogens is 1. The maximum absolute atomic E-state index is 12.1. The minimum Gasteiger partial charge on any atom is -0.378 e. The van der Waals surface area contributed by atoms with Gasteiger partial charge in [-0.05, 0) is 18.6 Å². The Labute approximate surface area is 117 Å². The number of aryl methyl sites for hydroxylation is 1. The highest BCUT2D eigenvalue weighted by Gasteiger charge is 2.20. The summed E-state index contributed by atoms with van der Waals surface area (Å²) < 4.78 is 5.18. The van der Waals surface area contributed by atoms with Gasteiger partial charge in [0, 0.05) is 25.5 Å². The highest BCUT2D eigenvalue weighted by atomic mass is 16.5. The maximum atomic E-state index is 12.1. The number of carbonyl (C=O) groups is 1. The van der Waals surface area contributed by atoms with E-state index in [9.17, 15) is 4.79 Å². The average molecular weight is 272 g/mol. The lowest BCUT2D eigenvalue weighted by molar-refractivity contribution is -0.130. The molecule has 1 aromatic heterocycles. The minimum atomic E-state index is -0.282. The van der Waals surface area contributed by atoms with Crippen LogP contribution in [0.5, 0.6) is 0 Å². The predicted octanol–water partition coefficient (Wildman–Crippen LogP) is 1.07. The van der Waals surface area contributed by atoms with E-state index in [1.165, 1.54) is 6.20 Å². The molecular weight excluding hydrogens is 256 g/mol. The van der Waals surface area contributed by atoms with E-state index < -0.39 is 0 Å². The summed E-state index contributed by atoms with van der Waals surface area (Å²) in [4.78, 5) is 17.9. The van der Waals surface area contributed by atoms with Gasteiger partial charge in [0.15, 0.2) is 0 Å². The van der Waals surface area contributed by atoms with Gasteiger partial charge >= 0.3 is 0 Å². The standard InChI is InChI=1S/C14H16N4O2/c1-11-2-3-13(16-9-11)17-10-12(8-15)14(19)18-4-6-20-7-5-18/h2-3,9-10H,4-7H2,1H3,(H,16,17)/b12-10-. The van der Waals surface area contributed by atoms with E-state index in [2.05, 4.69) is 10.3 Å². The van der Waals surface area contributed by atoms with E-state index in [4.69, 9.17) is 10.00 Å². The van der Waals surface area contributed by atoms with Crippen LogP contribution in [0.4, 0.5) is 5.82 Å². The van der Waals surface area contributed by atoms with Crippen molar-refractivity contribution in [2.24, 2.45) is 0 Å². The van der Waals surface area contributed by atoms with Crippen molar-refractivity contribution in [3.05, 3.63) is 35.7 Å². The quantitative estimate of drug-likeness (QED) is 0.657. The molecule has 0 aliphatic carbocycles. The van der Waals surface area contributed by atoms with Gasteiger partial charge < -0.3 is 15.0 Å². The van der Waals surface area contributed by atoms with Crippen LogP contribution in [0.25, 0.3) is 0 Å². The first-order valence-corrected chi connectivity index (χ1v) is 6.37. The Morgan fingerprint density at radius 2 is 2.25 bits per heavy atom. The molecule has 0 atom stereocenters. The van der Waals surface area contributed by atoms with Gasteiger partial charge in [0.05, 0.1) is 13.2 Å². The second-order valence-corrected chi connectivity index (χ2v) is 4.44. The maximum Gasteiger partial charge on any atom is 0.266 e. The van der Waals surface area contributed by atoms with E-state index in [1.54, 1.807) is 17.2 Å². The van der Waals surface area contributed by atoms with Crippen molar-refractivity contribution < 1.29 is 9.53 Å². The summed E-state index contributed by atoms with van der Waals surface area (Å²) in [5.74, 6) is 0.313. The Bertz CT molecular complexity index is 539. The number of nitrogens with one attached hydrogen (secondary N) is 1. The molecule has 1 aromatic rings. The Kier molecular flexibility index (Phi) is 4.69. The Balaban J connectivity index is 2.03. The number of carbonyl (C=O) groups excluding carboxylic acids is 1. The number of pyridine rings is 1. The molecule has 1 aliphatic rings. The van der Waals surface area contributed by atoms with Gasteiger partial charge in [0.2, 0.25) is 0 Å². The summed E-state index contributed by atoms with van der Waals surface area (Å²) >= 11 is 0. The van der Waals surface area contributed by atoms with Crippen molar-refractivity contribution in [2.75, 3.05) is 31.6 Å². The molecule has 20 heavy (non-hydrogen) atoms. The van der Waals surface area contributed by atoms with Crippen LogP contribution in [0.2, 0.25) is 0 Å². The lowest BCUT2D eigenvalue weighted by Crippen LogP contribution is -2.41. The summed E-state index contributed by atoms with van der Waals surface area (Å²) in [5, 5.41) is 12.0. The number of amides is 1. The third kappa shape index (κ3) is 3.56. The molecule has 1 N–H and O–H groups in total. The van der Waals surface area contributed by atoms with Crippen molar-refractivity contribution in [3.8, 4) is 6.07 Å². The normalized spacial score (nSPS) is 15.6. The lowest BCUT2D eigenvalue weighted by atomic mass is 10.2. The van der Waals surface area contributed by atoms with Crippen LogP contribution in [-0.4, -0.2) is 42.1 Å². The first-order valence-electron chi connectivity index (χ1n) is 6.37. The fraction of sp³-hybridized carbons (Fsp3) is 0.357. The van der Waals surface area contributed by atoms with Crippen LogP contribution < -0.4 is 5.32 Å². The minimum absolute atomic E-state index is 0.0641. The molecule has 0 spiro atoms. The van der Waals surface area contributed by atoms with Gasteiger partial charge in [0.25, 0.3) is 5.91 Å². The predicted molar refractivity (Wildman–Crippen MR) is 73.7 cm³/mol. The van der Waals surface area contributed by atoms with Crippen LogP contribution in [0.1, 0.15) is 5.56 Å². The zero-order chi connectivity index (χ0) is 14.4. The van der Waals surface area contributed by atoms with Crippen LogP contribution in [-0.2, 0) is 9.53 Å². The molecule has 0 aromatic carbocycles. The summed E-state index contributed by atoms with van der Waals surface area (Å²) in [6.45, 7) is 3.99. The number of hydrogen-bond acceptors (Lipinski definition) is 5. The topological polar surface area (TPSA) is 78.2 Å². The van der Waals surface area contributed by atoms with E-state index in [-0.39, 0.29) is 11.5 Å². The molecule has 2 rings (SSSR count). The molecule has 0 radical (unpaired) electrons. The van der Waals surface area contributed by atoms with Gasteiger partial charge in [0.1, 0.15) is 17.5 Å². The number of hydrogen-bond donors (Lipinski definition) is 1. The van der Waals surface area contributed by atoms with Gasteiger partial charge in [-0.2, -0.15) is 5.26 Å². The molecule has 1 amide bonds. The highest BCUT2D eigenvalue weighted by Crippen LogP contribution is 2.07. The SMILES string of the molecule is Cc1ccc(N/C=C(/C#N)C(=O)N2CCOCC2)nc1. The molecule has 6 heteroatoms. The molecule has 1 fully saturated rings. The molecular formula is C14H16N4O2. The van der Waals surface area contributed by atoms with Crippen molar-refractivity contribution in [1.29, 1.82) is 5.26 Å². The third-order valence-electron chi connectivity index (χ3n) is 2.92. The number of rotatable bonds is 3. The first-order chi connectivity index (χ1) is 9.70. The van der Waals surface area contributed by atoms with Gasteiger partial charge in [-0.15, -0.1) is 0 Å². The Hall–Kier alpha value is -2.39. The zero-order valence-electron chi connectivity index (χ0n) is 11.3. The molecule has 6 nitrogen and oxygen atoms in total. The number of nitrogens with zero attached hydrogens (tertiary/aromatic N) is 3. The average Bonchev–Trinajstić information content (AvgIpc) is 2.50. The molecule has 0 unspecified atom stereocenters. The number of nitriles is 1. The van der Waals surface area contributed by atoms with Gasteiger partial charge in [-0.1, -0.05) is 6.07 Å². The van der Waals surface area contributed by atoms with Crippen LogP contribution in [0, 0.1) is 18.3 Å². The number of anilines is 1. The lowest BCUT2D eigenvalue weighted by Gasteiger charge is -2.26. The summed E-state index contributed by atoms with van der Waals surface area (Å²) in [6.07, 6.45) is 3.11. The summed E-state index contributed by atoms with van der Waals surface area (Å²) in [6, 6.07) is 5.61. The van der Waals surface area contributed by atoms with Crippen molar-refractivity contribution >= 4 is 11.7 Å². The van der Waals surface area contributed by atoms with Crippen molar-refractivity contribution in [3.63, 3.8) is 0 Å². The molecule has 1 aliphatic heterocycles. The van der Waals surface area contributed by atoms with E-state index >= 15 is 0 Å². The van der Waals surface area contributed by atoms with Gasteiger partial charge in [-0.25, -0.2) is 4.98 Å². The van der Waals surface area contributed by atoms with Crippen LogP contribution in [0.15, 0.2) is 30.1 Å². The zero-order valence-corrected chi connectivity index (χ0v) is 11.3. The number of morpholine rings is 1. The molecule has 0 bridgehead atoms. The first kappa shape index (κ1) is 14.0. The molecule has 1 saturated heterocycles. The monoisotopic (exact) mass is 272 g/mol. The summed E-state index contributed by atoms with van der Waals surface area (Å²) in [5.41, 5.74) is 1.11. The largest absolute Gasteiger partial charge is 0.378 e. The fourth-order valence-electron chi connectivity index (χ4n) is 1.78. The van der Waals surface area contributed by atoms with E-state index in [0.29, 0.717) is 32.1 Å². The van der Waals surface area contributed by atoms with Crippen molar-refractivity contribution in [2.45, 2.75) is 6.92 Å². The highest BCUT2D eigenvalue weighted by molar-refractivity contribution is 5.97. The van der Waals surface area contributed by atoms with E-state index in [1.807, 2.05) is 19.1 Å². The molecule has 2 heterocycles. The fourth-order valence-corrected chi connectivity index (χ4v) is 1.78. The van der Waals surface area contributed by atoms with Gasteiger partial charge in [-0.3, -0.25) is 4.79 Å². The van der Waals surface area contributed by atoms with Crippen LogP contribution in [0.3, 0.4) is 0 Å². The second-order valence-electron chi connectivity index (χ2n) is 4.44. The third-order valence-corrected chi connectivity index (χ3v) is 2.92. The molecule has 0 saturated carbocycles. The molecule has 104 valence electrons. The number of ether oxygens (including phenoxy) is 1. The Morgan fingerprint density at radius 1 is 1.50 bits per heavy atom. The van der Waals surface area contributed by atoms with E-state index in [0.717, 1.165) is 5.56 Å². The van der Waals surface area contributed by atoms with Crippen molar-refractivity contribution in [1.82, 2.24) is 9.88 Å². The second kappa shape index (κ2) is 6.68.